The molecular formula is C24H21N3OS. The summed E-state index contributed by atoms with van der Waals surface area (Å²) >= 11 is 1.53. The number of rotatable bonds is 5. The quantitative estimate of drug-likeness (QED) is 0.357. The summed E-state index contributed by atoms with van der Waals surface area (Å²) in [5, 5.41) is 19.2. The molecule has 0 saturated carbocycles. The number of nitrogens with zero attached hydrogens (tertiary/aromatic N) is 3. The molecule has 4 aromatic rings. The highest BCUT2D eigenvalue weighted by Crippen LogP contribution is 2.26. The van der Waals surface area contributed by atoms with Gasteiger partial charge in [0.15, 0.2) is 0 Å². The number of thiazole rings is 1. The number of aromatic nitrogens is 1. The average molecular weight is 400 g/mol. The van der Waals surface area contributed by atoms with E-state index in [1.807, 2.05) is 40.4 Å². The maximum absolute atomic E-state index is 10.4. The van der Waals surface area contributed by atoms with Crippen molar-refractivity contribution in [1.29, 1.82) is 0 Å². The van der Waals surface area contributed by atoms with Crippen molar-refractivity contribution in [3.8, 4) is 17.0 Å². The van der Waals surface area contributed by atoms with E-state index in [0.717, 1.165) is 26.8 Å². The molecule has 3 aromatic carbocycles. The molecule has 1 N–H and O–H groups in total. The predicted octanol–water partition coefficient (Wildman–Crippen LogP) is 5.35. The Labute approximate surface area is 173 Å². The lowest BCUT2D eigenvalue weighted by Crippen LogP contribution is -2.12. The third-order valence-corrected chi connectivity index (χ3v) is 5.49. The van der Waals surface area contributed by atoms with Crippen LogP contribution in [0.25, 0.3) is 22.0 Å². The van der Waals surface area contributed by atoms with Gasteiger partial charge in [0, 0.05) is 16.5 Å². The number of aryl methyl sites for hydroxylation is 1. The van der Waals surface area contributed by atoms with Crippen molar-refractivity contribution in [1.82, 2.24) is 4.68 Å². The fraction of sp³-hybridized carbons (Fsp3) is 0.0833. The molecule has 0 saturated heterocycles. The van der Waals surface area contributed by atoms with Crippen molar-refractivity contribution in [3.63, 3.8) is 0 Å². The van der Waals surface area contributed by atoms with E-state index in [2.05, 4.69) is 42.8 Å². The van der Waals surface area contributed by atoms with Gasteiger partial charge in [0.25, 0.3) is 0 Å². The van der Waals surface area contributed by atoms with Crippen molar-refractivity contribution in [2.75, 3.05) is 6.54 Å². The molecule has 0 bridgehead atoms. The Morgan fingerprint density at radius 1 is 1.07 bits per heavy atom. The van der Waals surface area contributed by atoms with Crippen LogP contribution in [-0.4, -0.2) is 22.5 Å². The first kappa shape index (κ1) is 18.9. The first-order valence-electron chi connectivity index (χ1n) is 9.31. The van der Waals surface area contributed by atoms with Gasteiger partial charge < -0.3 is 5.11 Å². The Bertz CT molecular complexity index is 1260. The average Bonchev–Trinajstić information content (AvgIpc) is 3.14. The third kappa shape index (κ3) is 3.91. The highest BCUT2D eigenvalue weighted by atomic mass is 32.1. The van der Waals surface area contributed by atoms with Crippen LogP contribution < -0.4 is 4.80 Å². The van der Waals surface area contributed by atoms with Gasteiger partial charge in [-0.1, -0.05) is 66.2 Å². The number of benzene rings is 3. The molecule has 4 rings (SSSR count). The number of fused-ring (bicyclic) bond motifs is 1. The van der Waals surface area contributed by atoms with Gasteiger partial charge in [-0.3, -0.25) is 4.99 Å². The molecule has 0 aliphatic heterocycles. The molecule has 0 aliphatic carbocycles. The van der Waals surface area contributed by atoms with E-state index in [0.29, 0.717) is 12.1 Å². The molecule has 0 spiro atoms. The first-order chi connectivity index (χ1) is 14.2. The van der Waals surface area contributed by atoms with Crippen LogP contribution in [0.2, 0.25) is 0 Å². The van der Waals surface area contributed by atoms with Gasteiger partial charge in [-0.15, -0.1) is 17.9 Å². The maximum Gasteiger partial charge on any atom is 0.206 e. The third-order valence-electron chi connectivity index (χ3n) is 4.64. The molecule has 1 heterocycles. The van der Waals surface area contributed by atoms with Crippen LogP contribution in [-0.2, 0) is 0 Å². The molecule has 0 aliphatic rings. The molecular weight excluding hydrogens is 378 g/mol. The Morgan fingerprint density at radius 3 is 2.66 bits per heavy atom. The van der Waals surface area contributed by atoms with Gasteiger partial charge in [-0.2, -0.15) is 5.10 Å². The number of phenolic OH excluding ortho intramolecular Hbond substituents is 1. The van der Waals surface area contributed by atoms with Crippen LogP contribution in [0.5, 0.6) is 5.75 Å². The minimum Gasteiger partial charge on any atom is -0.507 e. The zero-order chi connectivity index (χ0) is 20.2. The summed E-state index contributed by atoms with van der Waals surface area (Å²) in [6.07, 6.45) is 3.46. The highest BCUT2D eigenvalue weighted by molar-refractivity contribution is 7.07. The maximum atomic E-state index is 10.4. The molecule has 4 nitrogen and oxygen atoms in total. The van der Waals surface area contributed by atoms with Gasteiger partial charge in [-0.25, -0.2) is 4.68 Å². The van der Waals surface area contributed by atoms with Crippen molar-refractivity contribution < 1.29 is 5.11 Å². The van der Waals surface area contributed by atoms with E-state index in [9.17, 15) is 5.11 Å². The van der Waals surface area contributed by atoms with Crippen LogP contribution in [0.1, 0.15) is 11.1 Å². The molecule has 29 heavy (non-hydrogen) atoms. The minimum atomic E-state index is 0.199. The second kappa shape index (κ2) is 8.29. The van der Waals surface area contributed by atoms with E-state index in [1.54, 1.807) is 18.4 Å². The molecule has 0 amide bonds. The number of aromatic hydroxyl groups is 1. The van der Waals surface area contributed by atoms with E-state index in [-0.39, 0.29) is 5.75 Å². The molecule has 0 unspecified atom stereocenters. The Morgan fingerprint density at radius 2 is 1.86 bits per heavy atom. The molecule has 144 valence electrons. The van der Waals surface area contributed by atoms with Gasteiger partial charge in [0.1, 0.15) is 5.75 Å². The lowest BCUT2D eigenvalue weighted by molar-refractivity contribution is 0.475. The normalized spacial score (nSPS) is 12.1. The summed E-state index contributed by atoms with van der Waals surface area (Å²) in [5.74, 6) is 0.199. The zero-order valence-electron chi connectivity index (χ0n) is 16.1. The fourth-order valence-electron chi connectivity index (χ4n) is 3.12. The molecule has 0 fully saturated rings. The SMILES string of the molecule is C=CCN=c1scc(-c2ccc(C)cc2)n1N=Cc1c(O)ccc2ccccc12. The summed E-state index contributed by atoms with van der Waals surface area (Å²) in [6.45, 7) is 6.33. The highest BCUT2D eigenvalue weighted by Gasteiger charge is 2.09. The fourth-order valence-corrected chi connectivity index (χ4v) is 3.97. The summed E-state index contributed by atoms with van der Waals surface area (Å²) in [4.78, 5) is 5.35. The summed E-state index contributed by atoms with van der Waals surface area (Å²) in [5.41, 5.74) is 3.91. The Balaban J connectivity index is 1.86. The smallest absolute Gasteiger partial charge is 0.206 e. The van der Waals surface area contributed by atoms with E-state index < -0.39 is 0 Å². The second-order valence-electron chi connectivity index (χ2n) is 6.67. The first-order valence-corrected chi connectivity index (χ1v) is 10.2. The van der Waals surface area contributed by atoms with Gasteiger partial charge >= 0.3 is 0 Å². The Hall–Kier alpha value is -3.44. The van der Waals surface area contributed by atoms with E-state index in [4.69, 9.17) is 5.10 Å². The van der Waals surface area contributed by atoms with Crippen LogP contribution in [0.4, 0.5) is 0 Å². The largest absolute Gasteiger partial charge is 0.507 e. The standard InChI is InChI=1S/C24H21N3OS/c1-3-14-25-24-27(22(16-29-24)19-10-8-17(2)9-11-19)26-15-21-20-7-5-4-6-18(20)12-13-23(21)28/h3-13,15-16,28H,1,14H2,2H3. The Kier molecular flexibility index (Phi) is 5.40. The number of hydrogen-bond acceptors (Lipinski definition) is 4. The van der Waals surface area contributed by atoms with Crippen molar-refractivity contribution >= 4 is 28.3 Å². The molecule has 1 aromatic heterocycles. The monoisotopic (exact) mass is 399 g/mol. The molecule has 0 atom stereocenters. The summed E-state index contributed by atoms with van der Waals surface area (Å²) in [7, 11) is 0. The lowest BCUT2D eigenvalue weighted by atomic mass is 10.0. The van der Waals surface area contributed by atoms with E-state index in [1.165, 1.54) is 16.9 Å². The van der Waals surface area contributed by atoms with Gasteiger partial charge in [-0.05, 0) is 23.8 Å². The zero-order valence-corrected chi connectivity index (χ0v) is 16.9. The van der Waals surface area contributed by atoms with Crippen LogP contribution in [0.3, 0.4) is 0 Å². The summed E-state index contributed by atoms with van der Waals surface area (Å²) in [6, 6.07) is 19.9. The van der Waals surface area contributed by atoms with Crippen LogP contribution >= 0.6 is 11.3 Å². The topological polar surface area (TPSA) is 49.9 Å². The lowest BCUT2D eigenvalue weighted by Gasteiger charge is -2.06. The van der Waals surface area contributed by atoms with Crippen LogP contribution in [0.15, 0.2) is 88.8 Å². The molecule has 5 heteroatoms. The van der Waals surface area contributed by atoms with Crippen molar-refractivity contribution in [2.24, 2.45) is 10.1 Å². The second-order valence-corrected chi connectivity index (χ2v) is 7.51. The summed E-state index contributed by atoms with van der Waals surface area (Å²) < 4.78 is 1.82. The van der Waals surface area contributed by atoms with Crippen molar-refractivity contribution in [2.45, 2.75) is 6.92 Å². The number of hydrogen-bond donors (Lipinski definition) is 1. The van der Waals surface area contributed by atoms with E-state index >= 15 is 0 Å². The minimum absolute atomic E-state index is 0.199. The van der Waals surface area contributed by atoms with Crippen LogP contribution in [0, 0.1) is 6.92 Å². The van der Waals surface area contributed by atoms with Gasteiger partial charge in [0.05, 0.1) is 18.5 Å². The van der Waals surface area contributed by atoms with Gasteiger partial charge in [0.2, 0.25) is 4.80 Å². The number of phenols is 1. The van der Waals surface area contributed by atoms with Crippen molar-refractivity contribution in [3.05, 3.63) is 94.6 Å². The predicted molar refractivity (Wildman–Crippen MR) is 122 cm³/mol. The molecule has 0 radical (unpaired) electrons.